The number of allylic oxidation sites excluding steroid dienone is 1. The van der Waals surface area contributed by atoms with E-state index in [9.17, 15) is 33.9 Å². The Morgan fingerprint density at radius 1 is 1.05 bits per heavy atom. The van der Waals surface area contributed by atoms with E-state index >= 15 is 0 Å². The summed E-state index contributed by atoms with van der Waals surface area (Å²) in [5, 5.41) is 11.1. The molecule has 3 aliphatic carbocycles. The van der Waals surface area contributed by atoms with Crippen LogP contribution in [0.25, 0.3) is 0 Å². The topological polar surface area (TPSA) is 169 Å². The number of ketones is 1. The van der Waals surface area contributed by atoms with E-state index in [4.69, 9.17) is 35.3 Å². The smallest absolute Gasteiger partial charge is 0.344 e. The summed E-state index contributed by atoms with van der Waals surface area (Å²) >= 11 is 6.77. The third-order valence-electron chi connectivity index (χ3n) is 8.96. The van der Waals surface area contributed by atoms with Crippen molar-refractivity contribution in [3.63, 3.8) is 0 Å². The zero-order valence-electron chi connectivity index (χ0n) is 23.5. The second-order valence-corrected chi connectivity index (χ2v) is 11.9. The molecule has 1 N–H and O–H groups in total. The Balaban J connectivity index is 1.96. The highest BCUT2D eigenvalue weighted by Crippen LogP contribution is 2.75. The summed E-state index contributed by atoms with van der Waals surface area (Å²) in [4.78, 5) is 75.5. The lowest BCUT2D eigenvalue weighted by Gasteiger charge is -2.47. The Hall–Kier alpha value is -3.25. The molecule has 3 fully saturated rings. The van der Waals surface area contributed by atoms with Crippen LogP contribution >= 0.6 is 11.6 Å². The lowest BCUT2D eigenvalue weighted by Crippen LogP contribution is -2.65. The molecule has 12 nitrogen and oxygen atoms in total. The van der Waals surface area contributed by atoms with Gasteiger partial charge in [-0.15, -0.1) is 11.6 Å². The van der Waals surface area contributed by atoms with Crippen molar-refractivity contribution in [1.29, 1.82) is 0 Å². The molecule has 2 saturated carbocycles. The third-order valence-corrected chi connectivity index (χ3v) is 9.47. The minimum absolute atomic E-state index is 0.0547. The molecule has 0 spiro atoms. The molecule has 0 radical (unpaired) electrons. The van der Waals surface area contributed by atoms with Gasteiger partial charge in [-0.3, -0.25) is 24.0 Å². The summed E-state index contributed by atoms with van der Waals surface area (Å²) in [6.07, 6.45) is -1.31. The van der Waals surface area contributed by atoms with Crippen molar-refractivity contribution in [1.82, 2.24) is 0 Å². The van der Waals surface area contributed by atoms with Gasteiger partial charge in [0.2, 0.25) is 0 Å². The van der Waals surface area contributed by atoms with Gasteiger partial charge in [-0.05, 0) is 36.8 Å². The second-order valence-electron chi connectivity index (χ2n) is 11.5. The molecule has 41 heavy (non-hydrogen) atoms. The molecule has 11 atom stereocenters. The fraction of sp³-hybridized carbons (Fsp3) is 0.643. The van der Waals surface area contributed by atoms with Gasteiger partial charge >= 0.3 is 29.8 Å². The molecule has 0 aromatic heterocycles. The van der Waals surface area contributed by atoms with Crippen LogP contribution in [0.4, 0.5) is 0 Å². The fourth-order valence-corrected chi connectivity index (χ4v) is 7.41. The van der Waals surface area contributed by atoms with Crippen molar-refractivity contribution in [3.05, 3.63) is 24.3 Å². The predicted molar refractivity (Wildman–Crippen MR) is 138 cm³/mol. The van der Waals surface area contributed by atoms with Crippen LogP contribution in [0.1, 0.15) is 41.5 Å². The van der Waals surface area contributed by atoms with Gasteiger partial charge in [-0.1, -0.05) is 19.6 Å². The van der Waals surface area contributed by atoms with Crippen LogP contribution < -0.4 is 0 Å². The van der Waals surface area contributed by atoms with Gasteiger partial charge in [0.15, 0.2) is 29.7 Å². The van der Waals surface area contributed by atoms with Crippen molar-refractivity contribution in [2.24, 2.45) is 29.1 Å². The zero-order chi connectivity index (χ0) is 30.8. The Morgan fingerprint density at radius 2 is 1.68 bits per heavy atom. The number of carbonyl (C=O) groups excluding carboxylic acids is 6. The second kappa shape index (κ2) is 10.2. The van der Waals surface area contributed by atoms with Crippen LogP contribution in [0.5, 0.6) is 0 Å². The third kappa shape index (κ3) is 4.64. The summed E-state index contributed by atoms with van der Waals surface area (Å²) in [7, 11) is 0. The lowest BCUT2D eigenvalue weighted by molar-refractivity contribution is -0.217. The van der Waals surface area contributed by atoms with E-state index in [1.165, 1.54) is 26.8 Å². The molecule has 0 aromatic rings. The summed E-state index contributed by atoms with van der Waals surface area (Å²) in [6, 6.07) is 0. The number of ether oxygens (including phenoxy) is 5. The monoisotopic (exact) mass is 596 g/mol. The van der Waals surface area contributed by atoms with Crippen LogP contribution in [-0.2, 0) is 52.5 Å². The minimum atomic E-state index is -2.42. The van der Waals surface area contributed by atoms with Gasteiger partial charge < -0.3 is 28.8 Å². The van der Waals surface area contributed by atoms with E-state index in [1.54, 1.807) is 13.0 Å². The van der Waals surface area contributed by atoms with Crippen molar-refractivity contribution < 1.29 is 57.6 Å². The maximum Gasteiger partial charge on any atom is 0.344 e. The minimum Gasteiger partial charge on any atom is -0.457 e. The summed E-state index contributed by atoms with van der Waals surface area (Å²) in [5.41, 5.74) is -5.35. The van der Waals surface area contributed by atoms with E-state index < -0.39 is 106 Å². The molecule has 4 aliphatic rings. The molecule has 13 heteroatoms. The summed E-state index contributed by atoms with van der Waals surface area (Å²) in [6.45, 7) is 10.9. The Labute approximate surface area is 241 Å². The molecule has 0 aromatic carbocycles. The number of hydrogen-bond acceptors (Lipinski definition) is 12. The Bertz CT molecular complexity index is 1260. The number of rotatable bonds is 5. The van der Waals surface area contributed by atoms with Crippen LogP contribution in [0.15, 0.2) is 24.3 Å². The number of aliphatic hydroxyl groups is 1. The van der Waals surface area contributed by atoms with E-state index in [1.807, 2.05) is 0 Å². The van der Waals surface area contributed by atoms with Crippen LogP contribution in [0, 0.1) is 29.1 Å². The van der Waals surface area contributed by atoms with Gasteiger partial charge in [0.1, 0.15) is 12.2 Å². The van der Waals surface area contributed by atoms with Gasteiger partial charge in [0.05, 0.1) is 17.2 Å². The molecule has 1 saturated heterocycles. The zero-order valence-corrected chi connectivity index (χ0v) is 24.3. The van der Waals surface area contributed by atoms with Crippen LogP contribution in [-0.4, -0.2) is 82.2 Å². The number of alkyl halides is 1. The first-order valence-electron chi connectivity index (χ1n) is 13.1. The average Bonchev–Trinajstić information content (AvgIpc) is 3.32. The van der Waals surface area contributed by atoms with Crippen molar-refractivity contribution in [2.75, 3.05) is 6.61 Å². The predicted octanol–water partition coefficient (Wildman–Crippen LogP) is 1.19. The average molecular weight is 597 g/mol. The number of halogens is 1. The number of fused-ring (bicyclic) bond motifs is 2. The maximum absolute atomic E-state index is 13.9. The first-order valence-corrected chi connectivity index (χ1v) is 13.5. The SMILES string of the molecule is C=C1[C@@H](OC(C)=O)/C=C/[C@@H]2[C@H]3C(=O)[C@@](C)(OC(C)=O)[C@H]([C@@H](OC(=O)COC(C)=O)[C@]4(O)[C@@H](C)C(=O)O[C@H]4[C@H]1Cl)[C@@]23C. The van der Waals surface area contributed by atoms with E-state index in [2.05, 4.69) is 6.58 Å². The van der Waals surface area contributed by atoms with Crippen molar-refractivity contribution >= 4 is 47.2 Å². The molecular weight excluding hydrogens is 564 g/mol. The fourth-order valence-electron chi connectivity index (χ4n) is 7.03. The van der Waals surface area contributed by atoms with E-state index in [0.717, 1.165) is 13.8 Å². The van der Waals surface area contributed by atoms with E-state index in [0.29, 0.717) is 0 Å². The molecule has 0 bridgehead atoms. The van der Waals surface area contributed by atoms with Crippen LogP contribution in [0.3, 0.4) is 0 Å². The standard InChI is InChI=1S/C28H33ClO12/c1-11-17(38-14(4)31)9-8-16-19-22(34)27(7,41-15(5)32)21(26(16,19)6)24(39-18(33)10-37-13(3)30)28(36)12(2)25(35)40-23(28)20(11)29/h8-9,12,16-17,19-21,23-24,36H,1,10H2,2-7H3/b9-8+/t12-,16+,17-,19-,20-,21+,23-,24+,26-,27-,28-/m0/s1. The molecular formula is C28H33ClO12. The number of Topliss-reactive ketones (excluding diaryl/α,β-unsaturated/α-hetero) is 1. The maximum atomic E-state index is 13.9. The number of carbonyl (C=O) groups is 6. The normalized spacial score (nSPS) is 43.5. The summed E-state index contributed by atoms with van der Waals surface area (Å²) < 4.78 is 27.1. The van der Waals surface area contributed by atoms with Crippen molar-refractivity contribution in [3.8, 4) is 0 Å². The Morgan fingerprint density at radius 3 is 2.24 bits per heavy atom. The van der Waals surface area contributed by atoms with Gasteiger partial charge in [-0.2, -0.15) is 0 Å². The van der Waals surface area contributed by atoms with Gasteiger partial charge in [0, 0.05) is 26.7 Å². The van der Waals surface area contributed by atoms with E-state index in [-0.39, 0.29) is 5.57 Å². The molecule has 1 heterocycles. The number of esters is 5. The first kappa shape index (κ1) is 30.7. The Kier molecular flexibility index (Phi) is 7.66. The van der Waals surface area contributed by atoms with Crippen LogP contribution in [0.2, 0.25) is 0 Å². The van der Waals surface area contributed by atoms with Gasteiger partial charge in [0.25, 0.3) is 0 Å². The molecule has 0 amide bonds. The van der Waals surface area contributed by atoms with Crippen molar-refractivity contribution in [2.45, 2.75) is 76.4 Å². The number of hydrogen-bond donors (Lipinski definition) is 1. The highest BCUT2D eigenvalue weighted by Gasteiger charge is 2.84. The molecule has 1 aliphatic heterocycles. The highest BCUT2D eigenvalue weighted by molar-refractivity contribution is 6.23. The lowest BCUT2D eigenvalue weighted by atomic mass is 9.66. The highest BCUT2D eigenvalue weighted by atomic mass is 35.5. The molecule has 0 unspecified atom stereocenters. The molecule has 224 valence electrons. The first-order chi connectivity index (χ1) is 18.9. The summed E-state index contributed by atoms with van der Waals surface area (Å²) in [5.74, 6) is -8.60. The molecule has 4 rings (SSSR count). The quantitative estimate of drug-likeness (QED) is 0.208. The largest absolute Gasteiger partial charge is 0.457 e. The van der Waals surface area contributed by atoms with Gasteiger partial charge in [-0.25, -0.2) is 4.79 Å².